The first-order valence-electron chi connectivity index (χ1n) is 21.3. The van der Waals surface area contributed by atoms with Crippen LogP contribution in [0.5, 0.6) is 0 Å². The van der Waals surface area contributed by atoms with Crippen LogP contribution in [0.1, 0.15) is 173 Å². The molecule has 0 aromatic heterocycles. The minimum Gasteiger partial charge on any atom is -0.305 e. The molecular weight excluding hydrogens is 555 g/mol. The highest BCUT2D eigenvalue weighted by Gasteiger charge is 2.63. The molecule has 1 saturated heterocycles. The van der Waals surface area contributed by atoms with Crippen molar-refractivity contribution in [1.82, 2.24) is 5.32 Å². The molecule has 4 aliphatic carbocycles. The molecule has 1 aliphatic heterocycles. The molecule has 46 heavy (non-hydrogen) atoms. The Balaban J connectivity index is 1.74. The highest BCUT2D eigenvalue weighted by Crippen LogP contribution is 2.61. The Labute approximate surface area is 289 Å². The second-order valence-corrected chi connectivity index (χ2v) is 20.6. The molecule has 1 nitrogen and oxygen atoms in total. The third kappa shape index (κ3) is 7.23. The van der Waals surface area contributed by atoms with E-state index in [-0.39, 0.29) is 11.1 Å². The molecule has 0 aromatic rings. The van der Waals surface area contributed by atoms with Crippen LogP contribution in [0, 0.1) is 101 Å². The molecule has 267 valence electrons. The van der Waals surface area contributed by atoms with Gasteiger partial charge in [0.05, 0.1) is 0 Å². The summed E-state index contributed by atoms with van der Waals surface area (Å²) >= 11 is 0. The Hall–Kier alpha value is -0.0400. The van der Waals surface area contributed by atoms with Gasteiger partial charge in [0.2, 0.25) is 0 Å². The van der Waals surface area contributed by atoms with E-state index in [0.29, 0.717) is 0 Å². The Morgan fingerprint density at radius 3 is 0.870 bits per heavy atom. The minimum atomic E-state index is 0.246. The maximum atomic E-state index is 5.25. The topological polar surface area (TPSA) is 12.0 Å². The summed E-state index contributed by atoms with van der Waals surface area (Å²) in [5, 5.41) is 5.25. The summed E-state index contributed by atoms with van der Waals surface area (Å²) in [5.41, 5.74) is 0.492. The zero-order valence-corrected chi connectivity index (χ0v) is 33.2. The molecule has 5 fully saturated rings. The fourth-order valence-corrected chi connectivity index (χ4v) is 13.8. The Kier molecular flexibility index (Phi) is 12.2. The number of hydrogen-bond acceptors (Lipinski definition) is 1. The second-order valence-electron chi connectivity index (χ2n) is 20.6. The third-order valence-electron chi connectivity index (χ3n) is 16.2. The molecule has 0 bridgehead atoms. The molecular formula is C45H82N. The molecule has 1 N–H and O–H groups in total. The first-order valence-corrected chi connectivity index (χ1v) is 21.3. The Morgan fingerprint density at radius 2 is 0.652 bits per heavy atom. The Morgan fingerprint density at radius 1 is 0.413 bits per heavy atom. The predicted octanol–water partition coefficient (Wildman–Crippen LogP) is 12.9. The minimum absolute atomic E-state index is 0.246. The highest BCUT2D eigenvalue weighted by molar-refractivity contribution is 5.21. The van der Waals surface area contributed by atoms with Crippen LogP contribution in [0.4, 0.5) is 0 Å². The average molecular weight is 637 g/mol. The van der Waals surface area contributed by atoms with E-state index >= 15 is 0 Å². The first kappa shape index (κ1) is 37.2. The van der Waals surface area contributed by atoms with Crippen molar-refractivity contribution in [2.24, 2.45) is 94.7 Å². The van der Waals surface area contributed by atoms with Gasteiger partial charge < -0.3 is 5.32 Å². The molecule has 12 atom stereocenters. The lowest BCUT2D eigenvalue weighted by Crippen LogP contribution is -2.76. The standard InChI is InChI=1S/C45H82N/c1-28(2)36-18-14-32(9)24-40(36)44(41-25-33(10)15-19-37(41)29(3)4)22-13-23-45(46-44,42-26-34(11)16-20-38(42)30(5)6)43-27-35(12)17-21-39(43)31(7)8/h13,28-43,46H,14-27H2,1-12H3. The van der Waals surface area contributed by atoms with Crippen molar-refractivity contribution >= 4 is 0 Å². The van der Waals surface area contributed by atoms with E-state index in [1.165, 1.54) is 89.9 Å². The number of hydrogen-bond donors (Lipinski definition) is 1. The number of piperidine rings is 1. The number of nitrogens with one attached hydrogen (secondary N) is 1. The lowest BCUT2D eigenvalue weighted by atomic mass is 9.46. The molecule has 12 unspecified atom stereocenters. The van der Waals surface area contributed by atoms with Crippen molar-refractivity contribution in [3.05, 3.63) is 6.42 Å². The van der Waals surface area contributed by atoms with Crippen LogP contribution in [-0.4, -0.2) is 11.1 Å². The van der Waals surface area contributed by atoms with Crippen LogP contribution < -0.4 is 5.32 Å². The van der Waals surface area contributed by atoms with Gasteiger partial charge in [0.15, 0.2) is 0 Å². The maximum absolute atomic E-state index is 5.25. The van der Waals surface area contributed by atoms with Crippen LogP contribution in [0.2, 0.25) is 0 Å². The van der Waals surface area contributed by atoms with Gasteiger partial charge in [-0.1, -0.05) is 109 Å². The van der Waals surface area contributed by atoms with E-state index in [1.807, 2.05) is 0 Å². The van der Waals surface area contributed by atoms with Gasteiger partial charge in [0, 0.05) is 11.1 Å². The summed E-state index contributed by atoms with van der Waals surface area (Å²) in [4.78, 5) is 0. The van der Waals surface area contributed by atoms with E-state index in [0.717, 1.165) is 94.7 Å². The van der Waals surface area contributed by atoms with Crippen molar-refractivity contribution in [3.63, 3.8) is 0 Å². The smallest absolute Gasteiger partial charge is 0.0251 e. The molecule has 0 amide bonds. The Bertz CT molecular complexity index is 807. The van der Waals surface area contributed by atoms with Gasteiger partial charge >= 0.3 is 0 Å². The summed E-state index contributed by atoms with van der Waals surface area (Å²) in [6.45, 7) is 31.3. The van der Waals surface area contributed by atoms with Gasteiger partial charge in [-0.3, -0.25) is 0 Å². The van der Waals surface area contributed by atoms with Crippen molar-refractivity contribution in [1.29, 1.82) is 0 Å². The zero-order chi connectivity index (χ0) is 33.6. The lowest BCUT2D eigenvalue weighted by molar-refractivity contribution is -0.119. The van der Waals surface area contributed by atoms with Gasteiger partial charge in [-0.05, 0) is 165 Å². The molecule has 0 spiro atoms. The molecule has 0 aromatic carbocycles. The van der Waals surface area contributed by atoms with Crippen molar-refractivity contribution in [2.45, 2.75) is 184 Å². The molecule has 5 rings (SSSR count). The summed E-state index contributed by atoms with van der Waals surface area (Å²) in [5.74, 6) is 13.2. The van der Waals surface area contributed by atoms with Gasteiger partial charge in [0.25, 0.3) is 0 Å². The fourth-order valence-electron chi connectivity index (χ4n) is 13.8. The average Bonchev–Trinajstić information content (AvgIpc) is 3.00. The normalized spacial score (nSPS) is 48.0. The largest absolute Gasteiger partial charge is 0.305 e. The monoisotopic (exact) mass is 637 g/mol. The summed E-state index contributed by atoms with van der Waals surface area (Å²) in [6, 6.07) is 0. The van der Waals surface area contributed by atoms with Gasteiger partial charge in [-0.15, -0.1) is 0 Å². The predicted molar refractivity (Wildman–Crippen MR) is 201 cm³/mol. The highest BCUT2D eigenvalue weighted by atomic mass is 15.1. The van der Waals surface area contributed by atoms with Crippen LogP contribution in [0.3, 0.4) is 0 Å². The molecule has 1 radical (unpaired) electrons. The van der Waals surface area contributed by atoms with E-state index in [2.05, 4.69) is 89.5 Å². The van der Waals surface area contributed by atoms with Crippen molar-refractivity contribution < 1.29 is 0 Å². The van der Waals surface area contributed by atoms with Gasteiger partial charge in [-0.2, -0.15) is 0 Å². The maximum Gasteiger partial charge on any atom is 0.0251 e. The lowest BCUT2D eigenvalue weighted by Gasteiger charge is -2.67. The van der Waals surface area contributed by atoms with E-state index < -0.39 is 0 Å². The van der Waals surface area contributed by atoms with Gasteiger partial charge in [0.1, 0.15) is 0 Å². The van der Waals surface area contributed by atoms with Gasteiger partial charge in [-0.25, -0.2) is 0 Å². The molecule has 5 aliphatic rings. The molecule has 4 saturated carbocycles. The quantitative estimate of drug-likeness (QED) is 0.279. The number of rotatable bonds is 8. The van der Waals surface area contributed by atoms with Crippen molar-refractivity contribution in [2.75, 3.05) is 0 Å². The van der Waals surface area contributed by atoms with Crippen LogP contribution in [0.25, 0.3) is 0 Å². The van der Waals surface area contributed by atoms with Crippen molar-refractivity contribution in [3.8, 4) is 0 Å². The van der Waals surface area contributed by atoms with E-state index in [9.17, 15) is 0 Å². The summed E-state index contributed by atoms with van der Waals surface area (Å²) in [7, 11) is 0. The third-order valence-corrected chi connectivity index (χ3v) is 16.2. The van der Waals surface area contributed by atoms with Crippen LogP contribution in [0.15, 0.2) is 0 Å². The molecule has 1 heteroatoms. The first-order chi connectivity index (χ1) is 21.7. The van der Waals surface area contributed by atoms with E-state index in [1.54, 1.807) is 0 Å². The molecule has 1 heterocycles. The summed E-state index contributed by atoms with van der Waals surface area (Å²) in [6.07, 6.45) is 23.1. The van der Waals surface area contributed by atoms with Crippen LogP contribution in [-0.2, 0) is 0 Å². The van der Waals surface area contributed by atoms with E-state index in [4.69, 9.17) is 5.32 Å². The second kappa shape index (κ2) is 15.1. The SMILES string of the molecule is CC1CCC(C(C)C)C(C2(C3CC(C)CCC3C(C)C)C[CH]CC(C3CC(C)CCC3C(C)C)(C3CC(C)CCC3C(C)C)N2)C1. The van der Waals surface area contributed by atoms with Crippen LogP contribution >= 0.6 is 0 Å². The summed E-state index contributed by atoms with van der Waals surface area (Å²) < 4.78 is 0. The zero-order valence-electron chi connectivity index (χ0n) is 33.2. The fraction of sp³-hybridized carbons (Fsp3) is 0.978.